The Morgan fingerprint density at radius 1 is 0.600 bits per heavy atom. The molecule has 2 aliphatic heterocycles. The van der Waals surface area contributed by atoms with Crippen molar-refractivity contribution in [3.05, 3.63) is 82.6 Å². The van der Waals surface area contributed by atoms with Crippen molar-refractivity contribution in [2.24, 2.45) is 26.7 Å². The summed E-state index contributed by atoms with van der Waals surface area (Å²) in [5.74, 6) is -0.0728. The second kappa shape index (κ2) is 9.71. The second-order valence-corrected chi connectivity index (χ2v) is 19.5. The van der Waals surface area contributed by atoms with Gasteiger partial charge in [0.25, 0.3) is 0 Å². The summed E-state index contributed by atoms with van der Waals surface area (Å²) in [6.07, 6.45) is 5.92. The van der Waals surface area contributed by atoms with Crippen LogP contribution in [-0.4, -0.2) is 22.2 Å². The molecule has 50 heavy (non-hydrogen) atoms. The molecule has 0 aromatic heterocycles. The molecule has 0 unspecified atom stereocenters. The van der Waals surface area contributed by atoms with E-state index in [-0.39, 0.29) is 38.9 Å². The van der Waals surface area contributed by atoms with Gasteiger partial charge in [-0.2, -0.15) is 0 Å². The summed E-state index contributed by atoms with van der Waals surface area (Å²) in [4.78, 5) is 20.1. The van der Waals surface area contributed by atoms with Gasteiger partial charge >= 0.3 is 0 Å². The summed E-state index contributed by atoms with van der Waals surface area (Å²) in [7, 11) is 0. The summed E-state index contributed by atoms with van der Waals surface area (Å²) in [5.41, 5.74) is 4.10. The first-order valence-electron chi connectivity index (χ1n) is 18.4. The highest BCUT2D eigenvalue weighted by Crippen LogP contribution is 2.56. The van der Waals surface area contributed by atoms with E-state index in [0.717, 1.165) is 93.3 Å². The van der Waals surface area contributed by atoms with Crippen molar-refractivity contribution in [1.82, 2.24) is 0 Å². The molecular weight excluding hydrogens is 617 g/mol. The monoisotopic (exact) mass is 666 g/mol. The number of aliphatic hydroxyl groups is 1. The quantitative estimate of drug-likeness (QED) is 0.163. The van der Waals surface area contributed by atoms with Gasteiger partial charge in [0.1, 0.15) is 17.1 Å². The summed E-state index contributed by atoms with van der Waals surface area (Å²) >= 11 is 0. The standard InChI is InChI=1S/C44H50N4O2/c1-39(2)19-40(3,4)22-43(21-39)45-29-13-9-11-25-15-17-27(35(47-43)31(25)29)33-37(49)34(38(33)50)28-18-16-26-12-10-14-30-32(26)36(28)48-44(46-30)23-41(5,6)20-42(7,8)24-44/h9-18,45-47,49H,19-24H2,1-8H3. The molecule has 0 bridgehead atoms. The van der Waals surface area contributed by atoms with E-state index < -0.39 is 5.66 Å². The largest absolute Gasteiger partial charge is 0.506 e. The van der Waals surface area contributed by atoms with Crippen molar-refractivity contribution in [2.75, 3.05) is 16.0 Å². The van der Waals surface area contributed by atoms with Crippen molar-refractivity contribution in [1.29, 1.82) is 0 Å². The molecule has 0 saturated heterocycles. The number of ketones is 1. The zero-order chi connectivity index (χ0) is 35.2. The molecule has 4 aromatic carbocycles. The fourth-order valence-electron chi connectivity index (χ4n) is 12.1. The molecule has 258 valence electrons. The molecule has 6 nitrogen and oxygen atoms in total. The third kappa shape index (κ3) is 4.73. The van der Waals surface area contributed by atoms with Crippen LogP contribution in [0.3, 0.4) is 0 Å². The van der Waals surface area contributed by atoms with E-state index in [4.69, 9.17) is 4.99 Å². The number of hydrogen-bond donors (Lipinski definition) is 4. The SMILES string of the molecule is CC1(C)CC(C)(C)CC2(C1)N=c1c(=C3C(=O)C(c4ccc5cccc6c5c4NC4(CC(C)(C)CC(C)(C)C4)N6)=C3O)ccc3cccc(c13)N2. The Kier molecular flexibility index (Phi) is 6.15. The zero-order valence-electron chi connectivity index (χ0n) is 30.8. The molecule has 6 heteroatoms. The molecule has 0 atom stereocenters. The third-order valence-electron chi connectivity index (χ3n) is 12.0. The van der Waals surface area contributed by atoms with Gasteiger partial charge in [-0.3, -0.25) is 9.79 Å². The van der Waals surface area contributed by atoms with Crippen LogP contribution in [0.25, 0.3) is 32.7 Å². The molecule has 0 amide bonds. The highest BCUT2D eigenvalue weighted by molar-refractivity contribution is 6.52. The fourth-order valence-corrected chi connectivity index (χ4v) is 12.1. The predicted octanol–water partition coefficient (Wildman–Crippen LogP) is 9.44. The average molecular weight is 667 g/mol. The van der Waals surface area contributed by atoms with Crippen LogP contribution in [0.15, 0.2) is 71.4 Å². The van der Waals surface area contributed by atoms with Crippen molar-refractivity contribution in [2.45, 2.75) is 105 Å². The number of benzene rings is 4. The number of aliphatic hydroxyl groups excluding tert-OH is 1. The maximum absolute atomic E-state index is 14.6. The van der Waals surface area contributed by atoms with E-state index in [9.17, 15) is 9.90 Å². The lowest BCUT2D eigenvalue weighted by molar-refractivity contribution is -0.109. The Morgan fingerprint density at radius 2 is 1.16 bits per heavy atom. The maximum Gasteiger partial charge on any atom is 0.201 e. The Balaban J connectivity index is 1.25. The Hall–Kier alpha value is -4.32. The first kappa shape index (κ1) is 31.6. The van der Waals surface area contributed by atoms with Gasteiger partial charge in [0.05, 0.1) is 22.2 Å². The van der Waals surface area contributed by atoms with Gasteiger partial charge in [-0.1, -0.05) is 104 Å². The zero-order valence-corrected chi connectivity index (χ0v) is 30.8. The normalized spacial score (nSPS) is 25.4. The van der Waals surface area contributed by atoms with Gasteiger partial charge in [-0.15, -0.1) is 0 Å². The number of anilines is 3. The summed E-state index contributed by atoms with van der Waals surface area (Å²) in [6.45, 7) is 18.8. The van der Waals surface area contributed by atoms with Crippen molar-refractivity contribution < 1.29 is 9.90 Å². The summed E-state index contributed by atoms with van der Waals surface area (Å²) < 4.78 is 0. The number of nitrogens with zero attached hydrogens (tertiary/aromatic N) is 1. The lowest BCUT2D eigenvalue weighted by atomic mass is 9.60. The van der Waals surface area contributed by atoms with Crippen LogP contribution in [0, 0.1) is 21.7 Å². The van der Waals surface area contributed by atoms with E-state index in [1.807, 2.05) is 12.1 Å². The van der Waals surface area contributed by atoms with Crippen LogP contribution in [0.4, 0.5) is 17.1 Å². The minimum atomic E-state index is -0.496. The smallest absolute Gasteiger partial charge is 0.201 e. The number of Topliss-reactive ketones (excluding diaryl/α,β-unsaturated/α-hetero) is 1. The highest BCUT2D eigenvalue weighted by atomic mass is 16.3. The fraction of sp³-hybridized carbons (Fsp3) is 0.455. The van der Waals surface area contributed by atoms with E-state index in [2.05, 4.69) is 120 Å². The maximum atomic E-state index is 14.6. The Bertz CT molecular complexity index is 2330. The molecule has 5 aliphatic rings. The minimum absolute atomic E-state index is 0.0573. The van der Waals surface area contributed by atoms with Crippen molar-refractivity contribution in [3.63, 3.8) is 0 Å². The summed E-state index contributed by atoms with van der Waals surface area (Å²) in [6, 6.07) is 20.8. The number of carbonyl (C=O) groups is 1. The average Bonchev–Trinajstić information content (AvgIpc) is 2.96. The van der Waals surface area contributed by atoms with Gasteiger partial charge in [0, 0.05) is 32.9 Å². The van der Waals surface area contributed by atoms with Crippen molar-refractivity contribution in [3.8, 4) is 0 Å². The molecule has 2 spiro atoms. The first-order chi connectivity index (χ1) is 23.4. The molecule has 0 radical (unpaired) electrons. The van der Waals surface area contributed by atoms with Crippen LogP contribution in [0.1, 0.15) is 99.5 Å². The Labute approximate surface area is 295 Å². The molecule has 4 N–H and O–H groups in total. The summed E-state index contributed by atoms with van der Waals surface area (Å²) in [5, 5.41) is 29.6. The van der Waals surface area contributed by atoms with Crippen LogP contribution in [0.2, 0.25) is 0 Å². The number of allylic oxidation sites excluding steroid dienone is 2. The van der Waals surface area contributed by atoms with E-state index in [0.29, 0.717) is 11.1 Å². The number of carbonyl (C=O) groups excluding carboxylic acids is 1. The van der Waals surface area contributed by atoms with Gasteiger partial charge < -0.3 is 21.1 Å². The number of nitrogens with one attached hydrogen (secondary N) is 3. The molecule has 2 heterocycles. The molecule has 9 rings (SSSR count). The predicted molar refractivity (Wildman–Crippen MR) is 206 cm³/mol. The van der Waals surface area contributed by atoms with E-state index >= 15 is 0 Å². The van der Waals surface area contributed by atoms with Gasteiger partial charge in [-0.05, 0) is 83.1 Å². The lowest BCUT2D eigenvalue weighted by Crippen LogP contribution is -2.57. The van der Waals surface area contributed by atoms with Crippen LogP contribution in [0.5, 0.6) is 0 Å². The molecule has 2 fully saturated rings. The van der Waals surface area contributed by atoms with E-state index in [1.54, 1.807) is 0 Å². The van der Waals surface area contributed by atoms with Crippen LogP contribution < -0.4 is 26.5 Å². The van der Waals surface area contributed by atoms with Crippen molar-refractivity contribution >= 4 is 55.5 Å². The number of hydrogen-bond acceptors (Lipinski definition) is 6. The van der Waals surface area contributed by atoms with Crippen LogP contribution >= 0.6 is 0 Å². The van der Waals surface area contributed by atoms with Gasteiger partial charge in [-0.25, -0.2) is 0 Å². The molecular formula is C44H50N4O2. The topological polar surface area (TPSA) is 85.8 Å². The van der Waals surface area contributed by atoms with E-state index in [1.165, 1.54) is 0 Å². The van der Waals surface area contributed by atoms with Crippen LogP contribution in [-0.2, 0) is 4.79 Å². The molecule has 2 saturated carbocycles. The third-order valence-corrected chi connectivity index (χ3v) is 12.0. The van der Waals surface area contributed by atoms with Gasteiger partial charge in [0.2, 0.25) is 5.78 Å². The Morgan fingerprint density at radius 3 is 1.78 bits per heavy atom. The minimum Gasteiger partial charge on any atom is -0.506 e. The second-order valence-electron chi connectivity index (χ2n) is 19.5. The molecule has 4 aromatic rings. The highest BCUT2D eigenvalue weighted by Gasteiger charge is 2.51. The lowest BCUT2D eigenvalue weighted by Gasteiger charge is -2.55. The first-order valence-corrected chi connectivity index (χ1v) is 18.4. The molecule has 3 aliphatic carbocycles. The van der Waals surface area contributed by atoms with Gasteiger partial charge in [0.15, 0.2) is 0 Å². The number of rotatable bonds is 1.